The smallest absolute Gasteiger partial charge is 0.135 e. The van der Waals surface area contributed by atoms with Crippen molar-refractivity contribution in [3.05, 3.63) is 17.0 Å². The van der Waals surface area contributed by atoms with Gasteiger partial charge in [0.05, 0.1) is 6.10 Å². The van der Waals surface area contributed by atoms with E-state index in [-0.39, 0.29) is 6.10 Å². The lowest BCUT2D eigenvalue weighted by atomic mass is 10.2. The normalized spacial score (nSPS) is 20.8. The molecule has 4 nitrogen and oxygen atoms in total. The number of anilines is 1. The molecule has 1 aromatic rings. The Morgan fingerprint density at radius 2 is 2.11 bits per heavy atom. The van der Waals surface area contributed by atoms with Crippen molar-refractivity contribution in [2.24, 2.45) is 5.92 Å². The minimum absolute atomic E-state index is 0.256. The molecule has 2 aliphatic carbocycles. The number of rotatable bonds is 5. The number of aliphatic hydroxyl groups excluding tert-OH is 1. The molecule has 1 aromatic heterocycles. The maximum absolute atomic E-state index is 9.96. The number of likely N-dealkylation sites (N-methyl/N-ethyl adjacent to an activating group) is 1. The second-order valence-corrected chi connectivity index (χ2v) is 5.85. The molecule has 1 heterocycles. The van der Waals surface area contributed by atoms with E-state index in [1.165, 1.54) is 0 Å². The van der Waals surface area contributed by atoms with E-state index in [0.717, 1.165) is 37.3 Å². The molecule has 0 radical (unpaired) electrons. The molecule has 98 valence electrons. The van der Waals surface area contributed by atoms with Crippen LogP contribution in [0.1, 0.15) is 37.4 Å². The predicted molar refractivity (Wildman–Crippen MR) is 71.0 cm³/mol. The highest BCUT2D eigenvalue weighted by molar-refractivity contribution is 6.29. The van der Waals surface area contributed by atoms with E-state index in [2.05, 4.69) is 9.97 Å². The third kappa shape index (κ3) is 2.75. The van der Waals surface area contributed by atoms with Gasteiger partial charge in [0.2, 0.25) is 0 Å². The molecular weight excluding hydrogens is 250 g/mol. The molecule has 5 heteroatoms. The molecular formula is C13H18ClN3O. The van der Waals surface area contributed by atoms with Gasteiger partial charge in [0.15, 0.2) is 0 Å². The minimum Gasteiger partial charge on any atom is -0.391 e. The zero-order valence-electron chi connectivity index (χ0n) is 10.5. The summed E-state index contributed by atoms with van der Waals surface area (Å²) in [7, 11) is 1.95. The van der Waals surface area contributed by atoms with Crippen LogP contribution in [0.3, 0.4) is 0 Å². The van der Waals surface area contributed by atoms with E-state index in [0.29, 0.717) is 23.5 Å². The quantitative estimate of drug-likeness (QED) is 0.831. The molecule has 1 atom stereocenters. The molecule has 0 aromatic carbocycles. The molecule has 1 unspecified atom stereocenters. The number of hydrogen-bond donors (Lipinski definition) is 1. The summed E-state index contributed by atoms with van der Waals surface area (Å²) in [5, 5.41) is 10.5. The van der Waals surface area contributed by atoms with E-state index < -0.39 is 0 Å². The van der Waals surface area contributed by atoms with Crippen LogP contribution in [0.4, 0.5) is 5.82 Å². The summed E-state index contributed by atoms with van der Waals surface area (Å²) in [6.07, 6.45) is 4.36. The van der Waals surface area contributed by atoms with Gasteiger partial charge in [-0.1, -0.05) is 11.6 Å². The van der Waals surface area contributed by atoms with Crippen LogP contribution in [0, 0.1) is 5.92 Å². The van der Waals surface area contributed by atoms with Gasteiger partial charge in [0.1, 0.15) is 16.8 Å². The van der Waals surface area contributed by atoms with Crippen LogP contribution in [0.15, 0.2) is 6.07 Å². The van der Waals surface area contributed by atoms with E-state index in [1.807, 2.05) is 11.9 Å². The third-order valence-electron chi connectivity index (χ3n) is 3.66. The van der Waals surface area contributed by atoms with Crippen LogP contribution in [0.5, 0.6) is 0 Å². The van der Waals surface area contributed by atoms with E-state index in [4.69, 9.17) is 11.6 Å². The first-order chi connectivity index (χ1) is 8.63. The summed E-state index contributed by atoms with van der Waals surface area (Å²) in [5.74, 6) is 2.64. The highest BCUT2D eigenvalue weighted by Crippen LogP contribution is 2.39. The molecule has 18 heavy (non-hydrogen) atoms. The lowest BCUT2D eigenvalue weighted by molar-refractivity contribution is 0.158. The molecule has 0 amide bonds. The Bertz CT molecular complexity index is 446. The van der Waals surface area contributed by atoms with Crippen LogP contribution < -0.4 is 4.90 Å². The predicted octanol–water partition coefficient (Wildman–Crippen LogP) is 2.21. The second-order valence-electron chi connectivity index (χ2n) is 5.47. The van der Waals surface area contributed by atoms with Crippen LogP contribution in [-0.2, 0) is 0 Å². The molecule has 0 spiro atoms. The fraction of sp³-hybridized carbons (Fsp3) is 0.692. The molecule has 0 aliphatic heterocycles. The number of halogens is 1. The Kier molecular flexibility index (Phi) is 3.16. The van der Waals surface area contributed by atoms with E-state index >= 15 is 0 Å². The van der Waals surface area contributed by atoms with Gasteiger partial charge in [0.25, 0.3) is 0 Å². The SMILES string of the molecule is CN(CC(O)C1CC1)c1cc(Cl)nc(C2CC2)n1. The van der Waals surface area contributed by atoms with E-state index in [9.17, 15) is 5.11 Å². The van der Waals surface area contributed by atoms with Crippen molar-refractivity contribution in [1.82, 2.24) is 9.97 Å². The van der Waals surface area contributed by atoms with Crippen molar-refractivity contribution in [2.75, 3.05) is 18.5 Å². The first-order valence-electron chi connectivity index (χ1n) is 6.57. The highest BCUT2D eigenvalue weighted by atomic mass is 35.5. The van der Waals surface area contributed by atoms with Gasteiger partial charge < -0.3 is 10.0 Å². The Morgan fingerprint density at radius 3 is 2.72 bits per heavy atom. The largest absolute Gasteiger partial charge is 0.391 e. The van der Waals surface area contributed by atoms with Crippen molar-refractivity contribution >= 4 is 17.4 Å². The summed E-state index contributed by atoms with van der Waals surface area (Å²) >= 11 is 6.04. The van der Waals surface area contributed by atoms with Gasteiger partial charge >= 0.3 is 0 Å². The maximum Gasteiger partial charge on any atom is 0.135 e. The fourth-order valence-electron chi connectivity index (χ4n) is 2.15. The summed E-state index contributed by atoms with van der Waals surface area (Å²) in [5.41, 5.74) is 0. The zero-order chi connectivity index (χ0) is 12.7. The monoisotopic (exact) mass is 267 g/mol. The highest BCUT2D eigenvalue weighted by Gasteiger charge is 2.31. The average Bonchev–Trinajstić information content (AvgIpc) is 3.18. The minimum atomic E-state index is -0.256. The van der Waals surface area contributed by atoms with Crippen molar-refractivity contribution in [3.8, 4) is 0 Å². The summed E-state index contributed by atoms with van der Waals surface area (Å²) in [4.78, 5) is 10.8. The van der Waals surface area contributed by atoms with Gasteiger partial charge in [-0.15, -0.1) is 0 Å². The van der Waals surface area contributed by atoms with Crippen LogP contribution in [0.2, 0.25) is 5.15 Å². The van der Waals surface area contributed by atoms with Gasteiger partial charge in [-0.25, -0.2) is 9.97 Å². The van der Waals surface area contributed by atoms with Gasteiger partial charge in [-0.2, -0.15) is 0 Å². The van der Waals surface area contributed by atoms with Gasteiger partial charge in [-0.05, 0) is 31.6 Å². The molecule has 2 aliphatic rings. The second kappa shape index (κ2) is 4.67. The van der Waals surface area contributed by atoms with Crippen LogP contribution >= 0.6 is 11.6 Å². The Hall–Kier alpha value is -0.870. The third-order valence-corrected chi connectivity index (χ3v) is 3.85. The maximum atomic E-state index is 9.96. The molecule has 2 fully saturated rings. The number of nitrogens with zero attached hydrogens (tertiary/aromatic N) is 3. The standard InChI is InChI=1S/C13H18ClN3O/c1-17(7-10(18)8-2-3-8)12-6-11(14)15-13(16-12)9-4-5-9/h6,8-10,18H,2-5,7H2,1H3. The molecule has 0 bridgehead atoms. The molecule has 0 saturated heterocycles. The van der Waals surface area contributed by atoms with Crippen LogP contribution in [0.25, 0.3) is 0 Å². The average molecular weight is 268 g/mol. The van der Waals surface area contributed by atoms with E-state index in [1.54, 1.807) is 6.07 Å². The topological polar surface area (TPSA) is 49.2 Å². The zero-order valence-corrected chi connectivity index (χ0v) is 11.3. The fourth-order valence-corrected chi connectivity index (χ4v) is 2.33. The number of hydrogen-bond acceptors (Lipinski definition) is 4. The molecule has 1 N–H and O–H groups in total. The Labute approximate surface area is 112 Å². The first kappa shape index (κ1) is 12.2. The van der Waals surface area contributed by atoms with Crippen molar-refractivity contribution in [1.29, 1.82) is 0 Å². The van der Waals surface area contributed by atoms with Gasteiger partial charge in [-0.3, -0.25) is 0 Å². The number of aliphatic hydroxyl groups is 1. The molecule has 2 saturated carbocycles. The number of aromatic nitrogens is 2. The summed E-state index contributed by atoms with van der Waals surface area (Å²) < 4.78 is 0. The summed E-state index contributed by atoms with van der Waals surface area (Å²) in [6.45, 7) is 0.613. The molecule has 3 rings (SSSR count). The van der Waals surface area contributed by atoms with Gasteiger partial charge in [0, 0.05) is 25.6 Å². The van der Waals surface area contributed by atoms with Crippen LogP contribution in [-0.4, -0.2) is 34.8 Å². The van der Waals surface area contributed by atoms with Crippen molar-refractivity contribution in [3.63, 3.8) is 0 Å². The Balaban J connectivity index is 1.72. The Morgan fingerprint density at radius 1 is 1.39 bits per heavy atom. The van der Waals surface area contributed by atoms with Crippen molar-refractivity contribution < 1.29 is 5.11 Å². The summed E-state index contributed by atoms with van der Waals surface area (Å²) in [6, 6.07) is 1.77. The lowest BCUT2D eigenvalue weighted by Gasteiger charge is -2.22. The first-order valence-corrected chi connectivity index (χ1v) is 6.95. The lowest BCUT2D eigenvalue weighted by Crippen LogP contribution is -2.31. The van der Waals surface area contributed by atoms with Crippen molar-refractivity contribution in [2.45, 2.75) is 37.7 Å².